The first-order chi connectivity index (χ1) is 35.0. The smallest absolute Gasteiger partial charge is 0.387 e. The Bertz CT molecular complexity index is 1580. The second kappa shape index (κ2) is 52.8. The molecule has 9 heteroatoms. The van der Waals surface area contributed by atoms with Crippen molar-refractivity contribution >= 4 is 13.7 Å². The molecule has 0 aliphatic heterocycles. The fourth-order valence-corrected chi connectivity index (χ4v) is 8.38. The van der Waals surface area contributed by atoms with Crippen LogP contribution in [0.4, 0.5) is 0 Å². The summed E-state index contributed by atoms with van der Waals surface area (Å²) in [5.74, 6) is -0.200. The van der Waals surface area contributed by atoms with E-state index >= 15 is 0 Å². The molecule has 8 nitrogen and oxygen atoms in total. The minimum atomic E-state index is -4.37. The summed E-state index contributed by atoms with van der Waals surface area (Å²) < 4.78 is 23.7. The van der Waals surface area contributed by atoms with E-state index in [-0.39, 0.29) is 19.1 Å². The van der Waals surface area contributed by atoms with E-state index in [0.29, 0.717) is 17.4 Å². The number of amides is 1. The van der Waals surface area contributed by atoms with E-state index < -0.39 is 20.0 Å². The zero-order valence-corrected chi connectivity index (χ0v) is 47.8. The van der Waals surface area contributed by atoms with Gasteiger partial charge in [0.05, 0.1) is 39.9 Å². The van der Waals surface area contributed by atoms with Gasteiger partial charge >= 0.3 is 7.82 Å². The number of carbonyl (C=O) groups is 1. The molecule has 3 unspecified atom stereocenters. The number of aliphatic hydroxyl groups is 1. The molecule has 0 bridgehead atoms. The van der Waals surface area contributed by atoms with Crippen LogP contribution in [-0.2, 0) is 18.4 Å². The molecule has 3 atom stereocenters. The molecule has 0 rings (SSSR count). The normalized spacial score (nSPS) is 14.8. The average molecular weight is 1020 g/mol. The number of carbonyl (C=O) groups excluding carboxylic acids is 1. The Labute approximate surface area is 444 Å². The Morgan fingerprint density at radius 1 is 0.486 bits per heavy atom. The third kappa shape index (κ3) is 54.7. The molecule has 72 heavy (non-hydrogen) atoms. The van der Waals surface area contributed by atoms with E-state index in [2.05, 4.69) is 129 Å². The SMILES string of the molecule is CC/C=C\C/C=C\C/C=C\C/C=C\C/C=C\C/C=C\C/C=C\CCCCCCCCCCCCCC(=O)NC(COP(=O)(O)OCC[N+](C)(C)C)C(O)/C=C/CC/C=C/CC/C=C/CCCCCCCCC. The van der Waals surface area contributed by atoms with Crippen molar-refractivity contribution < 1.29 is 32.9 Å². The highest BCUT2D eigenvalue weighted by molar-refractivity contribution is 7.47. The number of hydrogen-bond donors (Lipinski definition) is 3. The topological polar surface area (TPSA) is 105 Å². The van der Waals surface area contributed by atoms with Gasteiger partial charge in [0.25, 0.3) is 0 Å². The Hall–Kier alpha value is -3.10. The number of phosphoric ester groups is 1. The van der Waals surface area contributed by atoms with Gasteiger partial charge < -0.3 is 19.8 Å². The Morgan fingerprint density at radius 2 is 0.847 bits per heavy atom. The molecular weight excluding hydrogens is 912 g/mol. The first-order valence-corrected chi connectivity index (χ1v) is 30.4. The second-order valence-corrected chi connectivity index (χ2v) is 21.7. The monoisotopic (exact) mass is 1020 g/mol. The molecule has 0 spiro atoms. The Kier molecular flexibility index (Phi) is 50.5. The van der Waals surface area contributed by atoms with Gasteiger partial charge in [-0.2, -0.15) is 0 Å². The predicted molar refractivity (Wildman–Crippen MR) is 313 cm³/mol. The van der Waals surface area contributed by atoms with E-state index in [1.54, 1.807) is 6.08 Å². The minimum absolute atomic E-state index is 0.0472. The van der Waals surface area contributed by atoms with Gasteiger partial charge in [0.1, 0.15) is 13.2 Å². The van der Waals surface area contributed by atoms with Crippen LogP contribution in [0.2, 0.25) is 0 Å². The zero-order chi connectivity index (χ0) is 52.7. The lowest BCUT2D eigenvalue weighted by Crippen LogP contribution is -2.45. The van der Waals surface area contributed by atoms with Gasteiger partial charge in [0, 0.05) is 6.42 Å². The summed E-state index contributed by atoms with van der Waals surface area (Å²) in [5, 5.41) is 13.9. The fourth-order valence-electron chi connectivity index (χ4n) is 7.64. The van der Waals surface area contributed by atoms with Crippen LogP contribution in [0.15, 0.2) is 122 Å². The number of likely N-dealkylation sites (N-methyl/N-ethyl adjacent to an activating group) is 1. The highest BCUT2D eigenvalue weighted by Gasteiger charge is 2.27. The lowest BCUT2D eigenvalue weighted by Gasteiger charge is -2.25. The van der Waals surface area contributed by atoms with Crippen molar-refractivity contribution in [2.24, 2.45) is 0 Å². The molecule has 0 aliphatic carbocycles. The maximum absolute atomic E-state index is 13.0. The van der Waals surface area contributed by atoms with Gasteiger partial charge in [0.15, 0.2) is 0 Å². The van der Waals surface area contributed by atoms with Crippen LogP contribution < -0.4 is 5.32 Å². The highest BCUT2D eigenvalue weighted by Crippen LogP contribution is 2.43. The molecule has 0 heterocycles. The maximum atomic E-state index is 13.0. The van der Waals surface area contributed by atoms with Crippen LogP contribution >= 0.6 is 7.82 Å². The molecule has 0 aromatic rings. The maximum Gasteiger partial charge on any atom is 0.472 e. The van der Waals surface area contributed by atoms with Gasteiger partial charge in [0.2, 0.25) is 5.91 Å². The summed E-state index contributed by atoms with van der Waals surface area (Å²) >= 11 is 0. The quantitative estimate of drug-likeness (QED) is 0.0243. The van der Waals surface area contributed by atoms with Crippen LogP contribution in [0.1, 0.15) is 219 Å². The number of unbranched alkanes of at least 4 members (excludes halogenated alkanes) is 20. The van der Waals surface area contributed by atoms with Gasteiger partial charge in [-0.15, -0.1) is 0 Å². The lowest BCUT2D eigenvalue weighted by atomic mass is 10.0. The van der Waals surface area contributed by atoms with E-state index in [1.165, 1.54) is 109 Å². The fraction of sp³-hybridized carbons (Fsp3) is 0.667. The minimum Gasteiger partial charge on any atom is -0.387 e. The third-order valence-electron chi connectivity index (χ3n) is 12.1. The van der Waals surface area contributed by atoms with Crippen molar-refractivity contribution in [1.29, 1.82) is 0 Å². The number of nitrogens with one attached hydrogen (secondary N) is 1. The number of phosphoric acid groups is 1. The Morgan fingerprint density at radius 3 is 1.28 bits per heavy atom. The van der Waals surface area contributed by atoms with Gasteiger partial charge in [-0.05, 0) is 103 Å². The van der Waals surface area contributed by atoms with Gasteiger partial charge in [-0.25, -0.2) is 4.57 Å². The summed E-state index contributed by atoms with van der Waals surface area (Å²) in [5.41, 5.74) is 0. The molecule has 0 aromatic heterocycles. The number of quaternary nitrogens is 1. The van der Waals surface area contributed by atoms with Crippen LogP contribution in [-0.4, -0.2) is 73.4 Å². The largest absolute Gasteiger partial charge is 0.472 e. The predicted octanol–water partition coefficient (Wildman–Crippen LogP) is 17.8. The van der Waals surface area contributed by atoms with Crippen LogP contribution in [0, 0.1) is 0 Å². The molecule has 0 aliphatic rings. The highest BCUT2D eigenvalue weighted by atomic mass is 31.2. The van der Waals surface area contributed by atoms with Crippen LogP contribution in [0.3, 0.4) is 0 Å². The van der Waals surface area contributed by atoms with E-state index in [0.717, 1.165) is 89.9 Å². The van der Waals surface area contributed by atoms with E-state index in [9.17, 15) is 19.4 Å². The Balaban J connectivity index is 4.23. The average Bonchev–Trinajstić information content (AvgIpc) is 3.34. The number of nitrogens with zero attached hydrogens (tertiary/aromatic N) is 1. The molecule has 0 saturated heterocycles. The number of allylic oxidation sites excluding steroid dienone is 19. The molecule has 0 aromatic carbocycles. The lowest BCUT2D eigenvalue weighted by molar-refractivity contribution is -0.870. The first kappa shape index (κ1) is 68.9. The van der Waals surface area contributed by atoms with Crippen molar-refractivity contribution in [1.82, 2.24) is 5.32 Å². The van der Waals surface area contributed by atoms with Crippen molar-refractivity contribution in [3.8, 4) is 0 Å². The van der Waals surface area contributed by atoms with E-state index in [1.807, 2.05) is 27.2 Å². The summed E-state index contributed by atoms with van der Waals surface area (Å²) in [7, 11) is 1.53. The van der Waals surface area contributed by atoms with Crippen molar-refractivity contribution in [2.75, 3.05) is 40.9 Å². The van der Waals surface area contributed by atoms with Gasteiger partial charge in [-0.3, -0.25) is 13.8 Å². The number of hydrogen-bond acceptors (Lipinski definition) is 5. The molecule has 0 saturated carbocycles. The van der Waals surface area contributed by atoms with Crippen molar-refractivity contribution in [2.45, 2.75) is 231 Å². The van der Waals surface area contributed by atoms with E-state index in [4.69, 9.17) is 9.05 Å². The summed E-state index contributed by atoms with van der Waals surface area (Å²) in [4.78, 5) is 23.3. The second-order valence-electron chi connectivity index (χ2n) is 20.3. The van der Waals surface area contributed by atoms with Gasteiger partial charge in [-0.1, -0.05) is 232 Å². The summed E-state index contributed by atoms with van der Waals surface area (Å²) in [6.07, 6.45) is 78.7. The molecule has 3 N–H and O–H groups in total. The first-order valence-electron chi connectivity index (χ1n) is 28.9. The third-order valence-corrected chi connectivity index (χ3v) is 13.1. The van der Waals surface area contributed by atoms with Crippen molar-refractivity contribution in [3.63, 3.8) is 0 Å². The number of aliphatic hydroxyl groups excluding tert-OH is 1. The van der Waals surface area contributed by atoms with Crippen LogP contribution in [0.25, 0.3) is 0 Å². The van der Waals surface area contributed by atoms with Crippen molar-refractivity contribution in [3.05, 3.63) is 122 Å². The molecular formula is C63H110N2O6P+. The summed E-state index contributed by atoms with van der Waals surface area (Å²) in [6.45, 7) is 4.65. The molecule has 0 radical (unpaired) electrons. The van der Waals surface area contributed by atoms with Crippen LogP contribution in [0.5, 0.6) is 0 Å². The zero-order valence-electron chi connectivity index (χ0n) is 46.9. The molecule has 1 amide bonds. The molecule has 412 valence electrons. The molecule has 0 fully saturated rings. The number of rotatable bonds is 51. The standard InChI is InChI=1S/C63H109N2O6P/c1-6-8-10-12-14-16-18-20-22-24-25-26-27-28-29-30-31-32-33-34-35-36-37-38-39-41-43-45-47-49-51-53-55-57-63(67)64-61(60-71-72(68,69)70-59-58-65(3,4)5)62(66)56-54-52-50-48-46-44-42-40-23-21-19-17-15-13-11-9-7-2/h8,10,14,16,20,22-23,25-26,28-29,31-32,34-35,40,46,48,54,56,61-62,66H,6-7,9,11-13,15,17-19,21,24,27,30,33,36-39,41-45,47,49-53,55,57-60H2,1-5H3,(H-,64,67,68,69)/p+1/b10-8-,16-14-,22-20-,26-25-,29-28-,32-31-,35-34-,40-23+,48-46+,56-54+. The summed E-state index contributed by atoms with van der Waals surface area (Å²) in [6, 6.07) is -0.880.